The van der Waals surface area contributed by atoms with Crippen LogP contribution in [0.1, 0.15) is 43.6 Å². The van der Waals surface area contributed by atoms with E-state index in [1.807, 2.05) is 19.1 Å². The van der Waals surface area contributed by atoms with E-state index in [0.29, 0.717) is 19.5 Å². The van der Waals surface area contributed by atoms with E-state index >= 15 is 0 Å². The molecule has 1 aliphatic heterocycles. The van der Waals surface area contributed by atoms with Crippen molar-refractivity contribution in [2.45, 2.75) is 51.1 Å². The number of rotatable bonds is 2. The zero-order valence-corrected chi connectivity index (χ0v) is 11.8. The topological polar surface area (TPSA) is 62.6 Å². The van der Waals surface area contributed by atoms with Gasteiger partial charge >= 0.3 is 0 Å². The van der Waals surface area contributed by atoms with Crippen molar-refractivity contribution in [3.63, 3.8) is 0 Å². The summed E-state index contributed by atoms with van der Waals surface area (Å²) < 4.78 is 5.55. The first-order valence-corrected chi connectivity index (χ1v) is 7.25. The molecule has 5 heteroatoms. The lowest BCUT2D eigenvalue weighted by molar-refractivity contribution is -0.139. The van der Waals surface area contributed by atoms with Crippen LogP contribution in [0.3, 0.4) is 0 Å². The van der Waals surface area contributed by atoms with Crippen LogP contribution in [0.2, 0.25) is 0 Å². The summed E-state index contributed by atoms with van der Waals surface area (Å²) in [6.07, 6.45) is 3.88. The number of hydrogen-bond acceptors (Lipinski definition) is 3. The molecule has 2 heterocycles. The van der Waals surface area contributed by atoms with Crippen LogP contribution >= 0.6 is 0 Å². The molecule has 1 saturated heterocycles. The average molecular weight is 276 g/mol. The van der Waals surface area contributed by atoms with Gasteiger partial charge in [0, 0.05) is 13.0 Å². The Kier molecular flexibility index (Phi) is 3.28. The highest BCUT2D eigenvalue weighted by Crippen LogP contribution is 2.33. The minimum Gasteiger partial charge on any atom is -0.464 e. The van der Waals surface area contributed by atoms with E-state index in [9.17, 15) is 9.59 Å². The quantitative estimate of drug-likeness (QED) is 0.895. The number of carbonyl (C=O) groups is 2. The van der Waals surface area contributed by atoms with Gasteiger partial charge in [-0.2, -0.15) is 0 Å². The molecule has 3 rings (SSSR count). The van der Waals surface area contributed by atoms with Crippen molar-refractivity contribution >= 4 is 11.8 Å². The summed E-state index contributed by atoms with van der Waals surface area (Å²) in [5.41, 5.74) is -0.658. The summed E-state index contributed by atoms with van der Waals surface area (Å²) >= 11 is 0. The van der Waals surface area contributed by atoms with Gasteiger partial charge in [0.2, 0.25) is 11.8 Å². The van der Waals surface area contributed by atoms with E-state index in [1.54, 1.807) is 4.90 Å². The van der Waals surface area contributed by atoms with Gasteiger partial charge in [0.25, 0.3) is 0 Å². The highest BCUT2D eigenvalue weighted by Gasteiger charge is 2.46. The SMILES string of the molecule is Cc1ccc(CN2CCC(=O)NC3(CCCC3)C2=O)o1. The molecule has 0 bridgehead atoms. The molecule has 20 heavy (non-hydrogen) atoms. The van der Waals surface area contributed by atoms with Gasteiger partial charge in [0.05, 0.1) is 6.54 Å². The maximum Gasteiger partial charge on any atom is 0.248 e. The van der Waals surface area contributed by atoms with Gasteiger partial charge in [-0.3, -0.25) is 9.59 Å². The molecule has 1 aromatic rings. The molecule has 0 radical (unpaired) electrons. The molecule has 5 nitrogen and oxygen atoms in total. The van der Waals surface area contributed by atoms with Crippen molar-refractivity contribution in [1.29, 1.82) is 0 Å². The van der Waals surface area contributed by atoms with Crippen molar-refractivity contribution in [1.82, 2.24) is 10.2 Å². The Labute approximate surface area is 118 Å². The predicted octanol–water partition coefficient (Wildman–Crippen LogP) is 1.75. The van der Waals surface area contributed by atoms with E-state index in [-0.39, 0.29) is 11.8 Å². The van der Waals surface area contributed by atoms with Crippen LogP contribution in [0.4, 0.5) is 0 Å². The Bertz CT molecular complexity index is 529. The first-order valence-electron chi connectivity index (χ1n) is 7.25. The average Bonchev–Trinajstić information content (AvgIpc) is 3.01. The van der Waals surface area contributed by atoms with Gasteiger partial charge in [-0.1, -0.05) is 12.8 Å². The molecule has 2 aliphatic rings. The fraction of sp³-hybridized carbons (Fsp3) is 0.600. The van der Waals surface area contributed by atoms with Gasteiger partial charge in [-0.25, -0.2) is 0 Å². The zero-order valence-electron chi connectivity index (χ0n) is 11.8. The van der Waals surface area contributed by atoms with E-state index in [1.165, 1.54) is 0 Å². The monoisotopic (exact) mass is 276 g/mol. The van der Waals surface area contributed by atoms with Gasteiger partial charge in [0.1, 0.15) is 17.1 Å². The highest BCUT2D eigenvalue weighted by atomic mass is 16.3. The Hall–Kier alpha value is -1.78. The van der Waals surface area contributed by atoms with Crippen LogP contribution in [0, 0.1) is 6.92 Å². The Balaban J connectivity index is 1.82. The molecule has 0 unspecified atom stereocenters. The molecule has 1 saturated carbocycles. The van der Waals surface area contributed by atoms with Crippen molar-refractivity contribution in [2.75, 3.05) is 6.54 Å². The van der Waals surface area contributed by atoms with Crippen LogP contribution in [-0.4, -0.2) is 28.8 Å². The maximum atomic E-state index is 12.8. The number of aryl methyl sites for hydroxylation is 1. The summed E-state index contributed by atoms with van der Waals surface area (Å²) in [5, 5.41) is 2.96. The van der Waals surface area contributed by atoms with Gasteiger partial charge < -0.3 is 14.6 Å². The number of carbonyl (C=O) groups excluding carboxylic acids is 2. The molecule has 0 aromatic carbocycles. The molecule has 2 fully saturated rings. The second kappa shape index (κ2) is 4.96. The third kappa shape index (κ3) is 2.32. The Morgan fingerprint density at radius 2 is 2.05 bits per heavy atom. The summed E-state index contributed by atoms with van der Waals surface area (Å²) in [6.45, 7) is 2.80. The number of hydrogen-bond donors (Lipinski definition) is 1. The Morgan fingerprint density at radius 1 is 1.30 bits per heavy atom. The summed E-state index contributed by atoms with van der Waals surface area (Å²) in [5.74, 6) is 1.65. The van der Waals surface area contributed by atoms with E-state index < -0.39 is 5.54 Å². The van der Waals surface area contributed by atoms with Gasteiger partial charge in [-0.05, 0) is 31.9 Å². The molecule has 2 amide bonds. The molecular weight excluding hydrogens is 256 g/mol. The summed E-state index contributed by atoms with van der Waals surface area (Å²) in [6, 6.07) is 3.79. The maximum absolute atomic E-state index is 12.8. The van der Waals surface area contributed by atoms with Crippen LogP contribution < -0.4 is 5.32 Å². The lowest BCUT2D eigenvalue weighted by atomic mass is 9.96. The summed E-state index contributed by atoms with van der Waals surface area (Å²) in [7, 11) is 0. The molecular formula is C15H20N2O3. The molecule has 108 valence electrons. The number of furan rings is 1. The minimum atomic E-state index is -0.658. The minimum absolute atomic E-state index is 0.0154. The highest BCUT2D eigenvalue weighted by molar-refractivity contribution is 5.93. The number of nitrogens with zero attached hydrogens (tertiary/aromatic N) is 1. The van der Waals surface area contributed by atoms with Crippen molar-refractivity contribution in [3.05, 3.63) is 23.7 Å². The molecule has 1 N–H and O–H groups in total. The molecule has 1 spiro atoms. The standard InChI is InChI=1S/C15H20N2O3/c1-11-4-5-12(20-11)10-17-9-6-13(18)16-15(14(17)19)7-2-3-8-15/h4-5H,2-3,6-10H2,1H3,(H,16,18). The molecule has 1 aliphatic carbocycles. The number of nitrogens with one attached hydrogen (secondary N) is 1. The first-order chi connectivity index (χ1) is 9.59. The smallest absolute Gasteiger partial charge is 0.248 e. The first kappa shape index (κ1) is 13.2. The van der Waals surface area contributed by atoms with Gasteiger partial charge in [0.15, 0.2) is 0 Å². The fourth-order valence-corrected chi connectivity index (χ4v) is 3.25. The molecule has 1 aromatic heterocycles. The predicted molar refractivity (Wildman–Crippen MR) is 72.8 cm³/mol. The lowest BCUT2D eigenvalue weighted by Crippen LogP contribution is -2.55. The third-order valence-corrected chi connectivity index (χ3v) is 4.28. The van der Waals surface area contributed by atoms with Crippen molar-refractivity contribution in [2.24, 2.45) is 0 Å². The number of amides is 2. The van der Waals surface area contributed by atoms with Crippen LogP contribution in [0.25, 0.3) is 0 Å². The van der Waals surface area contributed by atoms with Crippen LogP contribution in [-0.2, 0) is 16.1 Å². The normalized spacial score (nSPS) is 22.1. The van der Waals surface area contributed by atoms with E-state index in [0.717, 1.165) is 37.2 Å². The third-order valence-electron chi connectivity index (χ3n) is 4.28. The van der Waals surface area contributed by atoms with Gasteiger partial charge in [-0.15, -0.1) is 0 Å². The van der Waals surface area contributed by atoms with E-state index in [2.05, 4.69) is 5.32 Å². The largest absolute Gasteiger partial charge is 0.464 e. The second-order valence-electron chi connectivity index (χ2n) is 5.83. The van der Waals surface area contributed by atoms with Crippen LogP contribution in [0.15, 0.2) is 16.5 Å². The molecule has 0 atom stereocenters. The Morgan fingerprint density at radius 3 is 2.70 bits per heavy atom. The van der Waals surface area contributed by atoms with E-state index in [4.69, 9.17) is 4.42 Å². The fourth-order valence-electron chi connectivity index (χ4n) is 3.25. The second-order valence-corrected chi connectivity index (χ2v) is 5.83. The lowest BCUT2D eigenvalue weighted by Gasteiger charge is -2.31. The zero-order chi connectivity index (χ0) is 14.2. The summed E-state index contributed by atoms with van der Waals surface area (Å²) in [4.78, 5) is 26.4. The van der Waals surface area contributed by atoms with Crippen LogP contribution in [0.5, 0.6) is 0 Å². The van der Waals surface area contributed by atoms with Crippen molar-refractivity contribution in [3.8, 4) is 0 Å². The van der Waals surface area contributed by atoms with Crippen molar-refractivity contribution < 1.29 is 14.0 Å².